The van der Waals surface area contributed by atoms with Crippen molar-refractivity contribution in [1.29, 1.82) is 0 Å². The van der Waals surface area contributed by atoms with Gasteiger partial charge < -0.3 is 9.73 Å². The minimum atomic E-state index is -0.724. The van der Waals surface area contributed by atoms with Crippen LogP contribution < -0.4 is 5.32 Å². The number of rotatable bonds is 4. The summed E-state index contributed by atoms with van der Waals surface area (Å²) in [4.78, 5) is 33.6. The van der Waals surface area contributed by atoms with Crippen LogP contribution >= 0.6 is 0 Å². The van der Waals surface area contributed by atoms with Gasteiger partial charge in [0, 0.05) is 18.5 Å². The average molecular weight is 300 g/mol. The number of aromatic nitrogens is 4. The number of hydrogen-bond acceptors (Lipinski definition) is 7. The molecule has 0 atom stereocenters. The largest absolute Gasteiger partial charge is 0.433 e. The lowest BCUT2D eigenvalue weighted by molar-refractivity contribution is -0.402. The van der Waals surface area contributed by atoms with Gasteiger partial charge >= 0.3 is 5.88 Å². The highest BCUT2D eigenvalue weighted by Crippen LogP contribution is 2.17. The van der Waals surface area contributed by atoms with Crippen molar-refractivity contribution in [3.05, 3.63) is 59.1 Å². The second-order valence-electron chi connectivity index (χ2n) is 4.08. The molecule has 0 spiro atoms. The van der Waals surface area contributed by atoms with Crippen LogP contribution in [0.4, 0.5) is 11.7 Å². The van der Waals surface area contributed by atoms with E-state index in [0.29, 0.717) is 5.82 Å². The molecule has 0 aliphatic heterocycles. The van der Waals surface area contributed by atoms with E-state index < -0.39 is 16.7 Å². The molecule has 3 rings (SSSR count). The van der Waals surface area contributed by atoms with E-state index in [1.54, 1.807) is 23.3 Å². The molecule has 1 amide bonds. The fourth-order valence-electron chi connectivity index (χ4n) is 1.68. The Morgan fingerprint density at radius 3 is 2.91 bits per heavy atom. The zero-order valence-electron chi connectivity index (χ0n) is 10.9. The SMILES string of the molecule is O=C(Nc1cc(-n2ccnc2)ncn1)c1ccc([N+](=O)[O-])o1. The van der Waals surface area contributed by atoms with Gasteiger partial charge in [-0.3, -0.25) is 19.5 Å². The Labute approximate surface area is 122 Å². The lowest BCUT2D eigenvalue weighted by Gasteiger charge is -2.04. The fraction of sp³-hybridized carbons (Fsp3) is 0. The molecule has 0 aliphatic carbocycles. The van der Waals surface area contributed by atoms with E-state index in [1.165, 1.54) is 18.5 Å². The quantitative estimate of drug-likeness (QED) is 0.569. The van der Waals surface area contributed by atoms with Crippen molar-refractivity contribution in [1.82, 2.24) is 19.5 Å². The number of nitrogens with one attached hydrogen (secondary N) is 1. The van der Waals surface area contributed by atoms with Crippen LogP contribution in [0.25, 0.3) is 5.82 Å². The maximum Gasteiger partial charge on any atom is 0.433 e. The van der Waals surface area contributed by atoms with Gasteiger partial charge in [0.15, 0.2) is 5.76 Å². The highest BCUT2D eigenvalue weighted by Gasteiger charge is 2.17. The van der Waals surface area contributed by atoms with E-state index in [1.807, 2.05) is 0 Å². The van der Waals surface area contributed by atoms with E-state index in [2.05, 4.69) is 20.3 Å². The molecule has 0 aromatic carbocycles. The highest BCUT2D eigenvalue weighted by atomic mass is 16.6. The second kappa shape index (κ2) is 5.44. The van der Waals surface area contributed by atoms with E-state index in [-0.39, 0.29) is 11.6 Å². The molecular formula is C12H8N6O4. The van der Waals surface area contributed by atoms with E-state index in [9.17, 15) is 14.9 Å². The molecule has 0 saturated heterocycles. The first-order valence-electron chi connectivity index (χ1n) is 5.99. The van der Waals surface area contributed by atoms with Gasteiger partial charge in [0.2, 0.25) is 0 Å². The zero-order valence-corrected chi connectivity index (χ0v) is 10.9. The van der Waals surface area contributed by atoms with Gasteiger partial charge in [0.25, 0.3) is 5.91 Å². The first-order chi connectivity index (χ1) is 10.6. The molecule has 0 aliphatic rings. The summed E-state index contributed by atoms with van der Waals surface area (Å²) in [7, 11) is 0. The van der Waals surface area contributed by atoms with Crippen molar-refractivity contribution >= 4 is 17.6 Å². The van der Waals surface area contributed by atoms with Gasteiger partial charge in [-0.15, -0.1) is 0 Å². The first kappa shape index (κ1) is 13.4. The van der Waals surface area contributed by atoms with Crippen molar-refractivity contribution in [2.45, 2.75) is 0 Å². The standard InChI is InChI=1S/C12H8N6O4/c19-12(8-1-2-11(22-8)18(20)21)16-9-5-10(15-6-14-9)17-4-3-13-7-17/h1-7H,(H,14,15,16,19). The van der Waals surface area contributed by atoms with Crippen LogP contribution in [0.15, 0.2) is 47.7 Å². The van der Waals surface area contributed by atoms with Crippen molar-refractivity contribution < 1.29 is 14.1 Å². The van der Waals surface area contributed by atoms with Gasteiger partial charge in [-0.2, -0.15) is 0 Å². The van der Waals surface area contributed by atoms with Crippen molar-refractivity contribution in [2.75, 3.05) is 5.32 Å². The number of furan rings is 1. The normalized spacial score (nSPS) is 10.4. The topological polar surface area (TPSA) is 129 Å². The minimum Gasteiger partial charge on any atom is -0.395 e. The second-order valence-corrected chi connectivity index (χ2v) is 4.08. The molecule has 0 fully saturated rings. The molecule has 10 nitrogen and oxygen atoms in total. The lowest BCUT2D eigenvalue weighted by Crippen LogP contribution is -2.12. The molecular weight excluding hydrogens is 292 g/mol. The van der Waals surface area contributed by atoms with Crippen LogP contribution in [0.2, 0.25) is 0 Å². The minimum absolute atomic E-state index is 0.186. The predicted molar refractivity (Wildman–Crippen MR) is 72.5 cm³/mol. The van der Waals surface area contributed by atoms with Gasteiger partial charge in [0.05, 0.1) is 6.07 Å². The van der Waals surface area contributed by atoms with Crippen LogP contribution in [-0.2, 0) is 0 Å². The monoisotopic (exact) mass is 300 g/mol. The zero-order chi connectivity index (χ0) is 15.5. The number of amides is 1. The molecule has 0 saturated carbocycles. The third-order valence-electron chi connectivity index (χ3n) is 2.66. The van der Waals surface area contributed by atoms with Crippen LogP contribution in [0, 0.1) is 10.1 Å². The van der Waals surface area contributed by atoms with Crippen molar-refractivity contribution in [3.63, 3.8) is 0 Å². The Morgan fingerprint density at radius 2 is 2.23 bits per heavy atom. The maximum absolute atomic E-state index is 11.9. The lowest BCUT2D eigenvalue weighted by atomic mass is 10.4. The highest BCUT2D eigenvalue weighted by molar-refractivity contribution is 6.01. The molecule has 0 radical (unpaired) electrons. The van der Waals surface area contributed by atoms with Crippen LogP contribution in [0.1, 0.15) is 10.6 Å². The number of imidazole rings is 1. The number of anilines is 1. The summed E-state index contributed by atoms with van der Waals surface area (Å²) < 4.78 is 6.45. The number of nitro groups is 1. The Bertz CT molecular complexity index is 826. The third kappa shape index (κ3) is 2.65. The summed E-state index contributed by atoms with van der Waals surface area (Å²) in [6.45, 7) is 0. The Kier molecular flexibility index (Phi) is 3.32. The molecule has 0 unspecified atom stereocenters. The van der Waals surface area contributed by atoms with E-state index in [0.717, 1.165) is 6.07 Å². The van der Waals surface area contributed by atoms with Gasteiger partial charge in [-0.1, -0.05) is 0 Å². The first-order valence-corrected chi connectivity index (χ1v) is 5.99. The average Bonchev–Trinajstić information content (AvgIpc) is 3.19. The van der Waals surface area contributed by atoms with Crippen molar-refractivity contribution in [2.24, 2.45) is 0 Å². The summed E-state index contributed by atoms with van der Waals surface area (Å²) in [6.07, 6.45) is 6.09. The smallest absolute Gasteiger partial charge is 0.395 e. The molecule has 110 valence electrons. The predicted octanol–water partition coefficient (Wildman–Crippen LogP) is 1.42. The van der Waals surface area contributed by atoms with E-state index in [4.69, 9.17) is 4.42 Å². The number of carbonyl (C=O) groups excluding carboxylic acids is 1. The maximum atomic E-state index is 11.9. The number of carbonyl (C=O) groups is 1. The number of nitrogens with zero attached hydrogens (tertiary/aromatic N) is 5. The van der Waals surface area contributed by atoms with Crippen LogP contribution in [-0.4, -0.2) is 30.3 Å². The van der Waals surface area contributed by atoms with Crippen LogP contribution in [0.3, 0.4) is 0 Å². The Morgan fingerprint density at radius 1 is 1.36 bits per heavy atom. The molecule has 3 heterocycles. The van der Waals surface area contributed by atoms with Gasteiger partial charge in [-0.05, 0) is 6.07 Å². The molecule has 3 aromatic heterocycles. The molecule has 1 N–H and O–H groups in total. The third-order valence-corrected chi connectivity index (χ3v) is 2.66. The van der Waals surface area contributed by atoms with Gasteiger partial charge in [-0.25, -0.2) is 15.0 Å². The summed E-state index contributed by atoms with van der Waals surface area (Å²) in [6, 6.07) is 3.84. The molecule has 22 heavy (non-hydrogen) atoms. The van der Waals surface area contributed by atoms with E-state index >= 15 is 0 Å². The van der Waals surface area contributed by atoms with Crippen molar-refractivity contribution in [3.8, 4) is 5.82 Å². The number of hydrogen-bond donors (Lipinski definition) is 1. The summed E-state index contributed by atoms with van der Waals surface area (Å²) >= 11 is 0. The Hall–Kier alpha value is -3.56. The molecule has 3 aromatic rings. The Balaban J connectivity index is 1.79. The summed E-state index contributed by atoms with van der Waals surface area (Å²) in [5.41, 5.74) is 0. The summed E-state index contributed by atoms with van der Waals surface area (Å²) in [5, 5.41) is 13.0. The molecule has 10 heteroatoms. The van der Waals surface area contributed by atoms with Gasteiger partial charge in [0.1, 0.15) is 29.2 Å². The van der Waals surface area contributed by atoms with Crippen LogP contribution in [0.5, 0.6) is 0 Å². The molecule has 0 bridgehead atoms. The summed E-state index contributed by atoms with van der Waals surface area (Å²) in [5.74, 6) is -0.610. The fourth-order valence-corrected chi connectivity index (χ4v) is 1.68.